The van der Waals surface area contributed by atoms with Gasteiger partial charge in [-0.05, 0) is 36.4 Å². The number of sulfone groups is 2. The van der Waals surface area contributed by atoms with Crippen molar-refractivity contribution >= 4 is 25.5 Å². The first-order valence-corrected chi connectivity index (χ1v) is 10.7. The van der Waals surface area contributed by atoms with E-state index < -0.39 is 36.3 Å². The predicted octanol–water partition coefficient (Wildman–Crippen LogP) is 2.77. The van der Waals surface area contributed by atoms with Crippen molar-refractivity contribution in [1.82, 2.24) is 0 Å². The van der Waals surface area contributed by atoms with E-state index in [1.807, 2.05) is 0 Å². The minimum atomic E-state index is -3.92. The molecule has 0 N–H and O–H groups in total. The highest BCUT2D eigenvalue weighted by Gasteiger charge is 2.26. The minimum absolute atomic E-state index is 0.0111. The van der Waals surface area contributed by atoms with Crippen molar-refractivity contribution in [2.75, 3.05) is 5.75 Å². The number of furan rings is 1. The van der Waals surface area contributed by atoms with Gasteiger partial charge in [-0.15, -0.1) is 0 Å². The molecule has 0 spiro atoms. The first-order chi connectivity index (χ1) is 12.3. The van der Waals surface area contributed by atoms with E-state index in [2.05, 4.69) is 0 Å². The Morgan fingerprint density at radius 1 is 0.731 bits per heavy atom. The average Bonchev–Trinajstić information content (AvgIpc) is 3.14. The monoisotopic (exact) mass is 390 g/mol. The van der Waals surface area contributed by atoms with Crippen LogP contribution in [0, 0.1) is 0 Å². The van der Waals surface area contributed by atoms with Gasteiger partial charge in [-0.1, -0.05) is 36.4 Å². The van der Waals surface area contributed by atoms with Gasteiger partial charge in [0.05, 0.1) is 9.79 Å². The van der Waals surface area contributed by atoms with Gasteiger partial charge >= 0.3 is 0 Å². The molecule has 3 rings (SSSR count). The van der Waals surface area contributed by atoms with E-state index in [9.17, 15) is 21.6 Å². The zero-order valence-corrected chi connectivity index (χ0v) is 15.0. The lowest BCUT2D eigenvalue weighted by Gasteiger charge is -2.03. The smallest absolute Gasteiger partial charge is 0.239 e. The van der Waals surface area contributed by atoms with Crippen LogP contribution in [0.25, 0.3) is 0 Å². The van der Waals surface area contributed by atoms with Crippen molar-refractivity contribution in [3.63, 3.8) is 0 Å². The van der Waals surface area contributed by atoms with Gasteiger partial charge in [0.1, 0.15) is 5.75 Å². The van der Waals surface area contributed by atoms with Crippen molar-refractivity contribution in [2.24, 2.45) is 0 Å². The molecule has 0 saturated heterocycles. The van der Waals surface area contributed by atoms with E-state index in [0.717, 1.165) is 6.07 Å². The molecule has 6 nitrogen and oxygen atoms in total. The average molecular weight is 390 g/mol. The molecule has 2 aromatic carbocycles. The van der Waals surface area contributed by atoms with Gasteiger partial charge in [0.2, 0.25) is 20.7 Å². The summed E-state index contributed by atoms with van der Waals surface area (Å²) in [4.78, 5) is 12.3. The summed E-state index contributed by atoms with van der Waals surface area (Å²) in [5.74, 6) is -1.95. The number of hydrogen-bond donors (Lipinski definition) is 0. The maximum Gasteiger partial charge on any atom is 0.239 e. The van der Waals surface area contributed by atoms with E-state index in [1.165, 1.54) is 30.3 Å². The standard InChI is InChI=1S/C18H14O6S2/c19-16(13-25(20,21)14-7-3-1-4-8-14)17-11-12-18(24-17)26(22,23)15-9-5-2-6-10-15/h1-12H,13H2. The first-order valence-electron chi connectivity index (χ1n) is 7.52. The van der Waals surface area contributed by atoms with Gasteiger partial charge < -0.3 is 4.42 Å². The van der Waals surface area contributed by atoms with Crippen LogP contribution in [0.2, 0.25) is 0 Å². The Morgan fingerprint density at radius 3 is 1.85 bits per heavy atom. The normalized spacial score (nSPS) is 12.0. The third kappa shape index (κ3) is 3.61. The molecule has 3 aromatic rings. The Hall–Kier alpha value is -2.71. The third-order valence-corrected chi connectivity index (χ3v) is 6.87. The van der Waals surface area contributed by atoms with Crippen molar-refractivity contribution in [1.29, 1.82) is 0 Å². The number of carbonyl (C=O) groups excluding carboxylic acids is 1. The molecule has 0 bridgehead atoms. The number of ketones is 1. The second kappa shape index (κ2) is 6.89. The molecular weight excluding hydrogens is 376 g/mol. The SMILES string of the molecule is O=C(CS(=O)(=O)c1ccccc1)c1ccc(S(=O)(=O)c2ccccc2)o1. The molecule has 0 aliphatic heterocycles. The van der Waals surface area contributed by atoms with Crippen molar-refractivity contribution < 1.29 is 26.0 Å². The number of hydrogen-bond acceptors (Lipinski definition) is 6. The fourth-order valence-electron chi connectivity index (χ4n) is 2.29. The molecule has 0 saturated carbocycles. The Bertz CT molecular complexity index is 1130. The maximum atomic E-state index is 12.5. The topological polar surface area (TPSA) is 98.5 Å². The van der Waals surface area contributed by atoms with Crippen LogP contribution in [0.1, 0.15) is 10.6 Å². The molecular formula is C18H14O6S2. The molecule has 0 radical (unpaired) electrons. The summed E-state index contributed by atoms with van der Waals surface area (Å²) in [6.07, 6.45) is 0. The molecule has 0 aliphatic rings. The maximum absolute atomic E-state index is 12.5. The first kappa shape index (κ1) is 18.1. The van der Waals surface area contributed by atoms with Crippen LogP contribution in [0.3, 0.4) is 0 Å². The highest BCUT2D eigenvalue weighted by molar-refractivity contribution is 7.92. The number of Topliss-reactive ketones (excluding diaryl/α,β-unsaturated/α-hetero) is 1. The zero-order valence-electron chi connectivity index (χ0n) is 13.4. The summed E-state index contributed by atoms with van der Waals surface area (Å²) in [6, 6.07) is 17.4. The molecule has 8 heteroatoms. The molecule has 1 heterocycles. The van der Waals surface area contributed by atoms with Gasteiger partial charge in [0, 0.05) is 0 Å². The van der Waals surface area contributed by atoms with E-state index in [1.54, 1.807) is 36.4 Å². The van der Waals surface area contributed by atoms with Gasteiger partial charge in [-0.3, -0.25) is 4.79 Å². The summed E-state index contributed by atoms with van der Waals surface area (Å²) < 4.78 is 54.6. The summed E-state index contributed by atoms with van der Waals surface area (Å²) in [7, 11) is -7.76. The second-order valence-corrected chi connectivity index (χ2v) is 9.30. The van der Waals surface area contributed by atoms with E-state index >= 15 is 0 Å². The van der Waals surface area contributed by atoms with Gasteiger partial charge in [-0.2, -0.15) is 0 Å². The van der Waals surface area contributed by atoms with Gasteiger partial charge in [-0.25, -0.2) is 16.8 Å². The molecule has 26 heavy (non-hydrogen) atoms. The van der Waals surface area contributed by atoms with Crippen molar-refractivity contribution in [3.05, 3.63) is 78.6 Å². The van der Waals surface area contributed by atoms with Gasteiger partial charge in [0.15, 0.2) is 15.6 Å². The Kier molecular flexibility index (Phi) is 4.80. The van der Waals surface area contributed by atoms with Crippen molar-refractivity contribution in [3.8, 4) is 0 Å². The molecule has 0 unspecified atom stereocenters. The third-order valence-electron chi connectivity index (χ3n) is 3.60. The summed E-state index contributed by atoms with van der Waals surface area (Å²) in [5.41, 5.74) is 0. The Balaban J connectivity index is 1.85. The summed E-state index contributed by atoms with van der Waals surface area (Å²) >= 11 is 0. The molecule has 0 amide bonds. The minimum Gasteiger partial charge on any atom is -0.441 e. The highest BCUT2D eigenvalue weighted by atomic mass is 32.2. The molecule has 1 aromatic heterocycles. The quantitative estimate of drug-likeness (QED) is 0.600. The van der Waals surface area contributed by atoms with Gasteiger partial charge in [0.25, 0.3) is 0 Å². The lowest BCUT2D eigenvalue weighted by atomic mass is 10.3. The van der Waals surface area contributed by atoms with E-state index in [4.69, 9.17) is 4.42 Å². The second-order valence-electron chi connectivity index (χ2n) is 5.43. The fraction of sp³-hybridized carbons (Fsp3) is 0.0556. The molecule has 134 valence electrons. The summed E-state index contributed by atoms with van der Waals surface area (Å²) in [5, 5.41) is -0.413. The molecule has 0 aliphatic carbocycles. The predicted molar refractivity (Wildman–Crippen MR) is 93.4 cm³/mol. The molecule has 0 fully saturated rings. The lowest BCUT2D eigenvalue weighted by molar-refractivity contribution is 0.0985. The largest absolute Gasteiger partial charge is 0.441 e. The number of rotatable bonds is 6. The highest BCUT2D eigenvalue weighted by Crippen LogP contribution is 2.23. The van der Waals surface area contributed by atoms with Crippen LogP contribution in [-0.4, -0.2) is 28.4 Å². The number of carbonyl (C=O) groups is 1. The van der Waals surface area contributed by atoms with Crippen LogP contribution < -0.4 is 0 Å². The zero-order chi connectivity index (χ0) is 18.8. The van der Waals surface area contributed by atoms with E-state index in [0.29, 0.717) is 0 Å². The van der Waals surface area contributed by atoms with Crippen LogP contribution in [0.4, 0.5) is 0 Å². The van der Waals surface area contributed by atoms with Crippen LogP contribution in [0.5, 0.6) is 0 Å². The number of benzene rings is 2. The fourth-order valence-corrected chi connectivity index (χ4v) is 4.71. The van der Waals surface area contributed by atoms with Crippen LogP contribution in [0.15, 0.2) is 92.1 Å². The van der Waals surface area contributed by atoms with E-state index in [-0.39, 0.29) is 15.6 Å². The molecule has 0 atom stereocenters. The Morgan fingerprint density at radius 2 is 1.27 bits per heavy atom. The Labute approximate surface area is 150 Å². The van der Waals surface area contributed by atoms with Crippen LogP contribution in [-0.2, 0) is 19.7 Å². The summed E-state index contributed by atoms with van der Waals surface area (Å²) in [6.45, 7) is 0. The van der Waals surface area contributed by atoms with Crippen molar-refractivity contribution in [2.45, 2.75) is 14.9 Å². The van der Waals surface area contributed by atoms with Crippen LogP contribution >= 0.6 is 0 Å². The lowest BCUT2D eigenvalue weighted by Crippen LogP contribution is -2.16.